The Kier molecular flexibility index (Phi) is 4.63. The van der Waals surface area contributed by atoms with Crippen molar-refractivity contribution in [1.29, 1.82) is 0 Å². The van der Waals surface area contributed by atoms with Crippen molar-refractivity contribution in [2.75, 3.05) is 6.54 Å². The minimum absolute atomic E-state index is 0.0661. The highest BCUT2D eigenvalue weighted by Crippen LogP contribution is 2.17. The summed E-state index contributed by atoms with van der Waals surface area (Å²) in [5, 5.41) is 2.93. The van der Waals surface area contributed by atoms with Gasteiger partial charge in [-0.25, -0.2) is 0 Å². The van der Waals surface area contributed by atoms with E-state index in [1.54, 1.807) is 18.3 Å². The van der Waals surface area contributed by atoms with Crippen LogP contribution in [0.3, 0.4) is 0 Å². The number of hydrogen-bond acceptors (Lipinski definition) is 3. The maximum Gasteiger partial charge on any atom is 0.251 e. The van der Waals surface area contributed by atoms with Crippen molar-refractivity contribution in [1.82, 2.24) is 10.3 Å². The third-order valence-electron chi connectivity index (χ3n) is 2.97. The number of nitrogens with zero attached hydrogens (tertiary/aromatic N) is 1. The molecule has 0 spiro atoms. The molecule has 0 saturated carbocycles. The molecule has 1 aromatic heterocycles. The Morgan fingerprint density at radius 1 is 1.53 bits per heavy atom. The number of hydrogen-bond donors (Lipinski definition) is 2. The molecule has 1 aromatic rings. The number of rotatable bonds is 5. The van der Waals surface area contributed by atoms with Gasteiger partial charge in [0, 0.05) is 24.8 Å². The third-order valence-corrected chi connectivity index (χ3v) is 2.97. The topological polar surface area (TPSA) is 68.0 Å². The van der Waals surface area contributed by atoms with Gasteiger partial charge in [0.2, 0.25) is 0 Å². The van der Waals surface area contributed by atoms with Crippen LogP contribution in [0.5, 0.6) is 0 Å². The molecule has 0 aliphatic carbocycles. The van der Waals surface area contributed by atoms with Gasteiger partial charge in [0.25, 0.3) is 5.91 Å². The van der Waals surface area contributed by atoms with Crippen LogP contribution < -0.4 is 11.1 Å². The molecule has 4 heteroatoms. The van der Waals surface area contributed by atoms with Crippen LogP contribution in [-0.2, 0) is 6.54 Å². The minimum Gasteiger partial charge on any atom is -0.352 e. The van der Waals surface area contributed by atoms with Crippen LogP contribution in [-0.4, -0.2) is 17.4 Å². The summed E-state index contributed by atoms with van der Waals surface area (Å²) in [4.78, 5) is 16.0. The Bertz CT molecular complexity index is 388. The molecule has 17 heavy (non-hydrogen) atoms. The molecule has 0 unspecified atom stereocenters. The van der Waals surface area contributed by atoms with Gasteiger partial charge in [0.1, 0.15) is 0 Å². The van der Waals surface area contributed by atoms with Gasteiger partial charge in [-0.3, -0.25) is 9.78 Å². The first-order valence-electron chi connectivity index (χ1n) is 5.91. The SMILES string of the molecule is CCC(C)(C)CNC(=O)c1ccnc(CN)c1. The highest BCUT2D eigenvalue weighted by Gasteiger charge is 2.16. The highest BCUT2D eigenvalue weighted by atomic mass is 16.1. The van der Waals surface area contributed by atoms with Crippen LogP contribution in [0.15, 0.2) is 18.3 Å². The number of nitrogens with one attached hydrogen (secondary N) is 1. The van der Waals surface area contributed by atoms with E-state index in [0.29, 0.717) is 18.7 Å². The average Bonchev–Trinajstić information content (AvgIpc) is 2.36. The summed E-state index contributed by atoms with van der Waals surface area (Å²) in [6.07, 6.45) is 2.64. The lowest BCUT2D eigenvalue weighted by Gasteiger charge is -2.22. The van der Waals surface area contributed by atoms with Gasteiger partial charge in [-0.05, 0) is 24.0 Å². The maximum absolute atomic E-state index is 11.9. The predicted octanol–water partition coefficient (Wildman–Crippen LogP) is 1.71. The van der Waals surface area contributed by atoms with Gasteiger partial charge >= 0.3 is 0 Å². The first-order valence-corrected chi connectivity index (χ1v) is 5.91. The van der Waals surface area contributed by atoms with Gasteiger partial charge < -0.3 is 11.1 Å². The quantitative estimate of drug-likeness (QED) is 0.816. The molecule has 0 radical (unpaired) electrons. The Balaban J connectivity index is 2.64. The summed E-state index contributed by atoms with van der Waals surface area (Å²) in [6, 6.07) is 3.43. The summed E-state index contributed by atoms with van der Waals surface area (Å²) in [6.45, 7) is 7.39. The van der Waals surface area contributed by atoms with Gasteiger partial charge in [-0.2, -0.15) is 0 Å². The molecule has 0 fully saturated rings. The molecule has 1 heterocycles. The zero-order chi connectivity index (χ0) is 12.9. The van der Waals surface area contributed by atoms with Gasteiger partial charge in [0.05, 0.1) is 5.69 Å². The third kappa shape index (κ3) is 4.15. The van der Waals surface area contributed by atoms with E-state index in [1.165, 1.54) is 0 Å². The molecule has 1 amide bonds. The summed E-state index contributed by atoms with van der Waals surface area (Å²) in [5.74, 6) is -0.0661. The minimum atomic E-state index is -0.0661. The second-order valence-electron chi connectivity index (χ2n) is 4.94. The van der Waals surface area contributed by atoms with Crippen molar-refractivity contribution in [3.63, 3.8) is 0 Å². The van der Waals surface area contributed by atoms with E-state index in [-0.39, 0.29) is 11.3 Å². The number of nitrogens with two attached hydrogens (primary N) is 1. The molecule has 0 aliphatic rings. The van der Waals surface area contributed by atoms with Gasteiger partial charge in [-0.15, -0.1) is 0 Å². The zero-order valence-corrected chi connectivity index (χ0v) is 10.8. The van der Waals surface area contributed by atoms with E-state index < -0.39 is 0 Å². The molecule has 0 saturated heterocycles. The fourth-order valence-corrected chi connectivity index (χ4v) is 1.28. The van der Waals surface area contributed by atoms with E-state index in [2.05, 4.69) is 31.1 Å². The molecule has 0 bridgehead atoms. The molecular formula is C13H21N3O. The Morgan fingerprint density at radius 3 is 2.82 bits per heavy atom. The van der Waals surface area contributed by atoms with E-state index in [1.807, 2.05) is 0 Å². The Labute approximate surface area is 103 Å². The van der Waals surface area contributed by atoms with Gasteiger partial charge in [0.15, 0.2) is 0 Å². The van der Waals surface area contributed by atoms with Crippen molar-refractivity contribution in [2.24, 2.45) is 11.1 Å². The van der Waals surface area contributed by atoms with Crippen LogP contribution >= 0.6 is 0 Å². The normalized spacial score (nSPS) is 11.3. The van der Waals surface area contributed by atoms with Crippen LogP contribution in [0.4, 0.5) is 0 Å². The van der Waals surface area contributed by atoms with Crippen molar-refractivity contribution in [2.45, 2.75) is 33.7 Å². The summed E-state index contributed by atoms with van der Waals surface area (Å²) in [7, 11) is 0. The van der Waals surface area contributed by atoms with Crippen LogP contribution in [0.25, 0.3) is 0 Å². The molecular weight excluding hydrogens is 214 g/mol. The Morgan fingerprint density at radius 2 is 2.24 bits per heavy atom. The van der Waals surface area contributed by atoms with E-state index in [9.17, 15) is 4.79 Å². The lowest BCUT2D eigenvalue weighted by molar-refractivity contribution is 0.0935. The van der Waals surface area contributed by atoms with Crippen molar-refractivity contribution < 1.29 is 4.79 Å². The van der Waals surface area contributed by atoms with E-state index >= 15 is 0 Å². The highest BCUT2D eigenvalue weighted by molar-refractivity contribution is 5.94. The smallest absolute Gasteiger partial charge is 0.251 e. The van der Waals surface area contributed by atoms with E-state index in [0.717, 1.165) is 12.1 Å². The molecule has 1 rings (SSSR count). The molecule has 0 atom stereocenters. The number of amides is 1. The van der Waals surface area contributed by atoms with E-state index in [4.69, 9.17) is 5.73 Å². The standard InChI is InChI=1S/C13H21N3O/c1-4-13(2,3)9-16-12(17)10-5-6-15-11(7-10)8-14/h5-7H,4,8-9,14H2,1-3H3,(H,16,17). The van der Waals surface area contributed by atoms with Crippen LogP contribution in [0.2, 0.25) is 0 Å². The monoisotopic (exact) mass is 235 g/mol. The van der Waals surface area contributed by atoms with Crippen molar-refractivity contribution in [3.8, 4) is 0 Å². The first kappa shape index (κ1) is 13.6. The molecule has 94 valence electrons. The molecule has 3 N–H and O–H groups in total. The molecule has 4 nitrogen and oxygen atoms in total. The maximum atomic E-state index is 11.9. The van der Waals surface area contributed by atoms with Crippen molar-refractivity contribution >= 4 is 5.91 Å². The predicted molar refractivity (Wildman–Crippen MR) is 68.5 cm³/mol. The summed E-state index contributed by atoms with van der Waals surface area (Å²) < 4.78 is 0. The fourth-order valence-electron chi connectivity index (χ4n) is 1.28. The second kappa shape index (κ2) is 5.77. The number of pyridine rings is 1. The zero-order valence-electron chi connectivity index (χ0n) is 10.8. The average molecular weight is 235 g/mol. The van der Waals surface area contributed by atoms with Crippen LogP contribution in [0, 0.1) is 5.41 Å². The largest absolute Gasteiger partial charge is 0.352 e. The second-order valence-corrected chi connectivity index (χ2v) is 4.94. The van der Waals surface area contributed by atoms with Gasteiger partial charge in [-0.1, -0.05) is 20.8 Å². The lowest BCUT2D eigenvalue weighted by Crippen LogP contribution is -2.33. The van der Waals surface area contributed by atoms with Crippen molar-refractivity contribution in [3.05, 3.63) is 29.6 Å². The Hall–Kier alpha value is -1.42. The molecule has 0 aromatic carbocycles. The number of carbonyl (C=O) groups is 1. The first-order chi connectivity index (χ1) is 7.98. The number of aromatic nitrogens is 1. The number of carbonyl (C=O) groups excluding carboxylic acids is 1. The fraction of sp³-hybridized carbons (Fsp3) is 0.538. The summed E-state index contributed by atoms with van der Waals surface area (Å²) in [5.41, 5.74) is 6.96. The summed E-state index contributed by atoms with van der Waals surface area (Å²) >= 11 is 0. The molecule has 0 aliphatic heterocycles. The van der Waals surface area contributed by atoms with Crippen LogP contribution in [0.1, 0.15) is 43.2 Å². The lowest BCUT2D eigenvalue weighted by atomic mass is 9.90.